The van der Waals surface area contributed by atoms with Gasteiger partial charge in [-0.05, 0) is 25.7 Å². The second-order valence-corrected chi connectivity index (χ2v) is 5.32. The summed E-state index contributed by atoms with van der Waals surface area (Å²) in [6.45, 7) is 2.03. The van der Waals surface area contributed by atoms with E-state index in [1.54, 1.807) is 0 Å². The Hall–Kier alpha value is -0.970. The Morgan fingerprint density at radius 1 is 1.59 bits per heavy atom. The topological polar surface area (TPSA) is 80.4 Å². The molecule has 0 radical (unpaired) electrons. The molecule has 2 aliphatic rings. The van der Waals surface area contributed by atoms with Gasteiger partial charge in [-0.3, -0.25) is 14.9 Å². The number of hydrogen-bond acceptors (Lipinski definition) is 4. The molecule has 1 N–H and O–H groups in total. The lowest BCUT2D eigenvalue weighted by Crippen LogP contribution is -2.50. The maximum absolute atomic E-state index is 12.0. The van der Waals surface area contributed by atoms with Crippen LogP contribution < -0.4 is 0 Å². The zero-order valence-corrected chi connectivity index (χ0v) is 10.1. The van der Waals surface area contributed by atoms with Crippen LogP contribution in [-0.2, 0) is 4.79 Å². The van der Waals surface area contributed by atoms with Crippen molar-refractivity contribution in [1.29, 1.82) is 0 Å². The van der Waals surface area contributed by atoms with E-state index < -0.39 is 16.6 Å². The smallest absolute Gasteiger partial charge is 0.251 e. The van der Waals surface area contributed by atoms with Gasteiger partial charge in [0.2, 0.25) is 0 Å². The Morgan fingerprint density at radius 2 is 2.29 bits per heavy atom. The van der Waals surface area contributed by atoms with Crippen molar-refractivity contribution in [3.8, 4) is 0 Å². The van der Waals surface area contributed by atoms with Crippen LogP contribution in [0.4, 0.5) is 0 Å². The first-order valence-corrected chi connectivity index (χ1v) is 6.42. The second-order valence-electron chi connectivity index (χ2n) is 5.32. The molecule has 5 nitrogen and oxygen atoms in total. The zero-order valence-electron chi connectivity index (χ0n) is 10.1. The van der Waals surface area contributed by atoms with Crippen molar-refractivity contribution in [3.63, 3.8) is 0 Å². The normalized spacial score (nSPS) is 40.6. The lowest BCUT2D eigenvalue weighted by atomic mass is 9.82. The fraction of sp³-hybridized carbons (Fsp3) is 0.917. The summed E-state index contributed by atoms with van der Waals surface area (Å²) < 4.78 is 0. The number of aliphatic hydroxyl groups is 1. The van der Waals surface area contributed by atoms with Crippen molar-refractivity contribution >= 4 is 5.78 Å². The number of nitrogens with zero attached hydrogens (tertiary/aromatic N) is 1. The summed E-state index contributed by atoms with van der Waals surface area (Å²) in [6.07, 6.45) is 4.21. The second kappa shape index (κ2) is 4.37. The maximum Gasteiger partial charge on any atom is 0.251 e. The van der Waals surface area contributed by atoms with Gasteiger partial charge < -0.3 is 5.11 Å². The summed E-state index contributed by atoms with van der Waals surface area (Å²) in [6, 6.07) is -1.07. The number of carbonyl (C=O) groups excluding carboxylic acids is 1. The molecule has 0 aromatic heterocycles. The van der Waals surface area contributed by atoms with E-state index in [9.17, 15) is 20.0 Å². The molecule has 0 aromatic rings. The number of carbonyl (C=O) groups is 1. The van der Waals surface area contributed by atoms with Gasteiger partial charge in [-0.1, -0.05) is 19.8 Å². The first kappa shape index (κ1) is 12.5. The average Bonchev–Trinajstić information content (AvgIpc) is 2.41. The first-order valence-electron chi connectivity index (χ1n) is 6.42. The number of hydrogen-bond donors (Lipinski definition) is 1. The van der Waals surface area contributed by atoms with E-state index in [1.165, 1.54) is 0 Å². The fourth-order valence-corrected chi connectivity index (χ4v) is 3.57. The third-order valence-electron chi connectivity index (χ3n) is 4.37. The van der Waals surface area contributed by atoms with Gasteiger partial charge >= 0.3 is 0 Å². The molecular weight excluding hydrogens is 222 g/mol. The molecule has 5 heteroatoms. The molecule has 0 saturated heterocycles. The molecule has 2 aliphatic carbocycles. The number of fused-ring (bicyclic) bond motifs is 2. The molecule has 0 heterocycles. The fourth-order valence-electron chi connectivity index (χ4n) is 3.57. The predicted octanol–water partition coefficient (Wildman–Crippen LogP) is 1.55. The zero-order chi connectivity index (χ0) is 12.6. The highest BCUT2D eigenvalue weighted by Crippen LogP contribution is 2.49. The minimum Gasteiger partial charge on any atom is -0.376 e. The monoisotopic (exact) mass is 241 g/mol. The Labute approximate surface area is 100 Å². The number of nitro groups is 1. The van der Waals surface area contributed by atoms with Crippen molar-refractivity contribution in [1.82, 2.24) is 0 Å². The summed E-state index contributed by atoms with van der Waals surface area (Å²) in [4.78, 5) is 22.8. The van der Waals surface area contributed by atoms with E-state index in [0.717, 1.165) is 19.3 Å². The summed E-state index contributed by atoms with van der Waals surface area (Å²) in [5, 5.41) is 21.5. The van der Waals surface area contributed by atoms with E-state index >= 15 is 0 Å². The molecule has 4 atom stereocenters. The lowest BCUT2D eigenvalue weighted by molar-refractivity contribution is -0.547. The maximum atomic E-state index is 12.0. The van der Waals surface area contributed by atoms with Gasteiger partial charge in [-0.2, -0.15) is 0 Å². The molecule has 0 aliphatic heterocycles. The van der Waals surface area contributed by atoms with E-state index in [-0.39, 0.29) is 24.0 Å². The number of rotatable bonds is 4. The number of unbranched alkanes of at least 4 members (excludes halogenated alkanes) is 1. The van der Waals surface area contributed by atoms with Crippen molar-refractivity contribution < 1.29 is 14.8 Å². The van der Waals surface area contributed by atoms with Crippen LogP contribution in [0.15, 0.2) is 0 Å². The van der Waals surface area contributed by atoms with Crippen molar-refractivity contribution in [2.24, 2.45) is 11.8 Å². The van der Waals surface area contributed by atoms with Gasteiger partial charge in [0, 0.05) is 16.8 Å². The molecule has 2 saturated carbocycles. The van der Waals surface area contributed by atoms with E-state index in [0.29, 0.717) is 12.8 Å². The highest BCUT2D eigenvalue weighted by molar-refractivity contribution is 5.93. The van der Waals surface area contributed by atoms with Crippen LogP contribution in [0.25, 0.3) is 0 Å². The molecule has 0 spiro atoms. The third-order valence-corrected chi connectivity index (χ3v) is 4.37. The Bertz CT molecular complexity index is 343. The van der Waals surface area contributed by atoms with Crippen LogP contribution in [0.1, 0.15) is 45.4 Å². The van der Waals surface area contributed by atoms with Gasteiger partial charge in [-0.25, -0.2) is 0 Å². The molecule has 0 unspecified atom stereocenters. The molecule has 2 bridgehead atoms. The highest BCUT2D eigenvalue weighted by atomic mass is 16.6. The van der Waals surface area contributed by atoms with E-state index in [2.05, 4.69) is 0 Å². The van der Waals surface area contributed by atoms with Crippen molar-refractivity contribution in [2.45, 2.75) is 57.1 Å². The molecule has 17 heavy (non-hydrogen) atoms. The largest absolute Gasteiger partial charge is 0.376 e. The minimum absolute atomic E-state index is 0.259. The summed E-state index contributed by atoms with van der Waals surface area (Å²) in [5.41, 5.74) is -1.68. The van der Waals surface area contributed by atoms with Gasteiger partial charge in [0.25, 0.3) is 6.04 Å². The highest BCUT2D eigenvalue weighted by Gasteiger charge is 2.66. The van der Waals surface area contributed by atoms with Crippen molar-refractivity contribution in [3.05, 3.63) is 10.1 Å². The average molecular weight is 241 g/mol. The Morgan fingerprint density at radius 3 is 2.88 bits per heavy atom. The van der Waals surface area contributed by atoms with Crippen LogP contribution in [-0.4, -0.2) is 27.5 Å². The van der Waals surface area contributed by atoms with Crippen LogP contribution in [0.5, 0.6) is 0 Å². The summed E-state index contributed by atoms with van der Waals surface area (Å²) >= 11 is 0. The number of Topliss-reactive ketones (excluding diaryl/α,β-unsaturated/α-hetero) is 1. The molecule has 0 aromatic carbocycles. The van der Waals surface area contributed by atoms with Crippen molar-refractivity contribution in [2.75, 3.05) is 0 Å². The summed E-state index contributed by atoms with van der Waals surface area (Å²) in [7, 11) is 0. The summed E-state index contributed by atoms with van der Waals surface area (Å²) in [5.74, 6) is -0.813. The minimum atomic E-state index is -1.68. The van der Waals surface area contributed by atoms with Gasteiger partial charge in [0.05, 0.1) is 0 Å². The number of ketones is 1. The Balaban J connectivity index is 2.30. The van der Waals surface area contributed by atoms with Gasteiger partial charge in [0.1, 0.15) is 0 Å². The lowest BCUT2D eigenvalue weighted by Gasteiger charge is -2.25. The van der Waals surface area contributed by atoms with Gasteiger partial charge in [0.15, 0.2) is 11.4 Å². The molecule has 0 amide bonds. The SMILES string of the molecule is CCCC[C@H]1[C@@H]2CCC[C@@](O)(C2=O)[C@H]1[N+](=O)[O-]. The third kappa shape index (κ3) is 1.76. The van der Waals surface area contributed by atoms with Gasteiger partial charge in [-0.15, -0.1) is 0 Å². The van der Waals surface area contributed by atoms with Crippen LogP contribution in [0, 0.1) is 22.0 Å². The van der Waals surface area contributed by atoms with E-state index in [1.807, 2.05) is 6.92 Å². The van der Waals surface area contributed by atoms with Crippen LogP contribution >= 0.6 is 0 Å². The van der Waals surface area contributed by atoms with Crippen LogP contribution in [0.3, 0.4) is 0 Å². The standard InChI is InChI=1S/C12H19NO4/c1-2-3-5-8-9-6-4-7-12(15,11(9)14)10(8)13(16)17/h8-10,15H,2-7H2,1H3/t8-,9-,10-,12-/m0/s1. The molecule has 2 rings (SSSR count). The molecular formula is C12H19NO4. The first-order chi connectivity index (χ1) is 8.02. The predicted molar refractivity (Wildman–Crippen MR) is 61.1 cm³/mol. The van der Waals surface area contributed by atoms with Crippen LogP contribution in [0.2, 0.25) is 0 Å². The molecule has 2 fully saturated rings. The van der Waals surface area contributed by atoms with E-state index in [4.69, 9.17) is 0 Å². The Kier molecular flexibility index (Phi) is 3.21. The quantitative estimate of drug-likeness (QED) is 0.598. The molecule has 96 valence electrons.